The lowest BCUT2D eigenvalue weighted by Crippen LogP contribution is -2.52. The lowest BCUT2D eigenvalue weighted by Gasteiger charge is -2.34. The van der Waals surface area contributed by atoms with E-state index in [2.05, 4.69) is 5.32 Å². The largest absolute Gasteiger partial charge is 0.497 e. The summed E-state index contributed by atoms with van der Waals surface area (Å²) in [5, 5.41) is 2.81. The summed E-state index contributed by atoms with van der Waals surface area (Å²) in [4.78, 5) is 42.1. The van der Waals surface area contributed by atoms with Gasteiger partial charge >= 0.3 is 0 Å². The fourth-order valence-corrected chi connectivity index (χ4v) is 3.96. The highest BCUT2D eigenvalue weighted by Crippen LogP contribution is 2.31. The van der Waals surface area contributed by atoms with Gasteiger partial charge in [0.25, 0.3) is 5.91 Å². The molecule has 0 bridgehead atoms. The molecule has 2 aliphatic heterocycles. The van der Waals surface area contributed by atoms with Gasteiger partial charge < -0.3 is 19.9 Å². The van der Waals surface area contributed by atoms with Crippen LogP contribution in [-0.4, -0.2) is 48.9 Å². The van der Waals surface area contributed by atoms with Crippen molar-refractivity contribution in [1.29, 1.82) is 0 Å². The Bertz CT molecular complexity index is 941. The highest BCUT2D eigenvalue weighted by Gasteiger charge is 2.40. The number of hydrogen-bond acceptors (Lipinski definition) is 4. The molecule has 0 spiro atoms. The molecule has 2 aliphatic rings. The number of nitrogens with zero attached hydrogens (tertiary/aromatic N) is 2. The van der Waals surface area contributed by atoms with Crippen molar-refractivity contribution in [2.45, 2.75) is 25.3 Å². The van der Waals surface area contributed by atoms with Crippen molar-refractivity contribution >= 4 is 29.1 Å². The molecule has 1 atom stereocenters. The minimum absolute atomic E-state index is 0.142. The molecule has 1 saturated heterocycles. The van der Waals surface area contributed by atoms with Crippen molar-refractivity contribution in [3.8, 4) is 5.75 Å². The highest BCUT2D eigenvalue weighted by atomic mass is 16.5. The topological polar surface area (TPSA) is 79.0 Å². The van der Waals surface area contributed by atoms with Crippen molar-refractivity contribution in [3.63, 3.8) is 0 Å². The number of amides is 3. The van der Waals surface area contributed by atoms with Crippen LogP contribution in [0.2, 0.25) is 0 Å². The molecule has 150 valence electrons. The summed E-state index contributed by atoms with van der Waals surface area (Å²) in [5.41, 5.74) is 1.56. The van der Waals surface area contributed by atoms with E-state index in [1.54, 1.807) is 60.5 Å². The van der Waals surface area contributed by atoms with E-state index in [9.17, 15) is 14.4 Å². The second-order valence-electron chi connectivity index (χ2n) is 7.23. The van der Waals surface area contributed by atoms with Gasteiger partial charge in [-0.2, -0.15) is 0 Å². The van der Waals surface area contributed by atoms with Crippen LogP contribution < -0.4 is 15.0 Å². The molecule has 7 nitrogen and oxygen atoms in total. The molecule has 0 saturated carbocycles. The first-order valence-electron chi connectivity index (χ1n) is 9.74. The average Bonchev–Trinajstić information content (AvgIpc) is 2.84. The first-order chi connectivity index (χ1) is 14.1. The lowest BCUT2D eigenvalue weighted by molar-refractivity contribution is -0.125. The number of hydrogen-bond donors (Lipinski definition) is 1. The molecule has 0 aliphatic carbocycles. The first kappa shape index (κ1) is 19.0. The maximum Gasteiger partial charge on any atom is 0.256 e. The minimum Gasteiger partial charge on any atom is -0.497 e. The monoisotopic (exact) mass is 393 g/mol. The predicted molar refractivity (Wildman–Crippen MR) is 109 cm³/mol. The van der Waals surface area contributed by atoms with Gasteiger partial charge in [-0.3, -0.25) is 14.4 Å². The van der Waals surface area contributed by atoms with Crippen molar-refractivity contribution in [3.05, 3.63) is 54.1 Å². The smallest absolute Gasteiger partial charge is 0.256 e. The van der Waals surface area contributed by atoms with Crippen LogP contribution in [0.15, 0.2) is 48.5 Å². The Balaban J connectivity index is 1.60. The second kappa shape index (κ2) is 7.95. The summed E-state index contributed by atoms with van der Waals surface area (Å²) in [7, 11) is 1.58. The Hall–Kier alpha value is -3.35. The zero-order valence-corrected chi connectivity index (χ0v) is 16.3. The second-order valence-corrected chi connectivity index (χ2v) is 7.23. The van der Waals surface area contributed by atoms with Gasteiger partial charge in [-0.15, -0.1) is 0 Å². The number of methoxy groups -OCH3 is 1. The van der Waals surface area contributed by atoms with E-state index < -0.39 is 6.04 Å². The van der Waals surface area contributed by atoms with Gasteiger partial charge in [-0.25, -0.2) is 0 Å². The van der Waals surface area contributed by atoms with E-state index in [0.717, 1.165) is 12.8 Å². The summed E-state index contributed by atoms with van der Waals surface area (Å²) >= 11 is 0. The summed E-state index contributed by atoms with van der Waals surface area (Å²) < 4.78 is 5.12. The van der Waals surface area contributed by atoms with Crippen molar-refractivity contribution in [2.24, 2.45) is 0 Å². The quantitative estimate of drug-likeness (QED) is 0.866. The maximum atomic E-state index is 13.3. The van der Waals surface area contributed by atoms with E-state index in [0.29, 0.717) is 35.7 Å². The molecule has 4 rings (SSSR count). The summed E-state index contributed by atoms with van der Waals surface area (Å²) in [5.74, 6) is 0.0233. The fourth-order valence-electron chi connectivity index (χ4n) is 3.96. The maximum absolute atomic E-state index is 13.3. The molecule has 2 aromatic carbocycles. The van der Waals surface area contributed by atoms with Crippen molar-refractivity contribution in [2.75, 3.05) is 30.4 Å². The molecular formula is C22H23N3O4. The molecule has 1 N–H and O–H groups in total. The number of fused-ring (bicyclic) bond motifs is 2. The molecule has 3 amide bonds. The van der Waals surface area contributed by atoms with Gasteiger partial charge in [0.05, 0.1) is 18.4 Å². The van der Waals surface area contributed by atoms with Crippen LogP contribution in [0, 0.1) is 0 Å². The number of ether oxygens (including phenoxy) is 1. The SMILES string of the molecule is COc1ccc(NC(=O)CN2C(=O)C3CCCCN3C(=O)c3ccccc32)cc1. The number of piperidine rings is 1. The van der Waals surface area contributed by atoms with Gasteiger partial charge in [0.15, 0.2) is 0 Å². The van der Waals surface area contributed by atoms with Crippen molar-refractivity contribution < 1.29 is 19.1 Å². The fraction of sp³-hybridized carbons (Fsp3) is 0.318. The van der Waals surface area contributed by atoms with E-state index in [1.807, 2.05) is 0 Å². The number of anilines is 2. The number of carbonyl (C=O) groups is 3. The Morgan fingerprint density at radius 1 is 1.10 bits per heavy atom. The van der Waals surface area contributed by atoms with Crippen LogP contribution in [0.5, 0.6) is 5.75 Å². The first-order valence-corrected chi connectivity index (χ1v) is 9.74. The molecule has 1 unspecified atom stereocenters. The zero-order valence-electron chi connectivity index (χ0n) is 16.3. The molecular weight excluding hydrogens is 370 g/mol. The molecule has 7 heteroatoms. The minimum atomic E-state index is -0.516. The number of nitrogens with one attached hydrogen (secondary N) is 1. The van der Waals surface area contributed by atoms with Gasteiger partial charge in [0, 0.05) is 12.2 Å². The summed E-state index contributed by atoms with van der Waals surface area (Å²) in [6, 6.07) is 13.5. The van der Waals surface area contributed by atoms with E-state index >= 15 is 0 Å². The third-order valence-corrected chi connectivity index (χ3v) is 5.42. The molecule has 0 aromatic heterocycles. The number of benzene rings is 2. The van der Waals surface area contributed by atoms with Crippen molar-refractivity contribution in [1.82, 2.24) is 4.90 Å². The van der Waals surface area contributed by atoms with Crippen LogP contribution >= 0.6 is 0 Å². The Morgan fingerprint density at radius 2 is 1.86 bits per heavy atom. The standard InChI is InChI=1S/C22H23N3O4/c1-29-16-11-9-15(10-12-16)23-20(26)14-25-18-7-3-2-6-17(18)21(27)24-13-5-4-8-19(24)22(25)28/h2-3,6-7,9-12,19H,4-5,8,13-14H2,1H3,(H,23,26). The Kier molecular flexibility index (Phi) is 5.20. The van der Waals surface area contributed by atoms with Crippen LogP contribution in [-0.2, 0) is 9.59 Å². The highest BCUT2D eigenvalue weighted by molar-refractivity contribution is 6.13. The molecule has 1 fully saturated rings. The number of carbonyl (C=O) groups excluding carboxylic acids is 3. The van der Waals surface area contributed by atoms with E-state index in [-0.39, 0.29) is 24.3 Å². The molecule has 29 heavy (non-hydrogen) atoms. The van der Waals surface area contributed by atoms with Crippen LogP contribution in [0.4, 0.5) is 11.4 Å². The summed E-state index contributed by atoms with van der Waals surface area (Å²) in [6.07, 6.45) is 2.40. The zero-order chi connectivity index (χ0) is 20.4. The normalized spacial score (nSPS) is 18.6. The van der Waals surface area contributed by atoms with Gasteiger partial charge in [0.1, 0.15) is 18.3 Å². The molecule has 2 heterocycles. The molecule has 0 radical (unpaired) electrons. The predicted octanol–water partition coefficient (Wildman–Crippen LogP) is 2.68. The summed E-state index contributed by atoms with van der Waals surface area (Å²) in [6.45, 7) is 0.412. The lowest BCUT2D eigenvalue weighted by atomic mass is 10.0. The number of para-hydroxylation sites is 1. The van der Waals surface area contributed by atoms with E-state index in [1.165, 1.54) is 4.90 Å². The Labute approximate surface area is 169 Å². The van der Waals surface area contributed by atoms with Gasteiger partial charge in [-0.05, 0) is 55.7 Å². The third kappa shape index (κ3) is 3.68. The van der Waals surface area contributed by atoms with Crippen LogP contribution in [0.1, 0.15) is 29.6 Å². The van der Waals surface area contributed by atoms with Crippen LogP contribution in [0.3, 0.4) is 0 Å². The van der Waals surface area contributed by atoms with E-state index in [4.69, 9.17) is 4.74 Å². The number of rotatable bonds is 4. The third-order valence-electron chi connectivity index (χ3n) is 5.42. The van der Waals surface area contributed by atoms with Gasteiger partial charge in [0.2, 0.25) is 11.8 Å². The van der Waals surface area contributed by atoms with Crippen LogP contribution in [0.25, 0.3) is 0 Å². The van der Waals surface area contributed by atoms with Gasteiger partial charge in [-0.1, -0.05) is 12.1 Å². The average molecular weight is 393 g/mol. The Morgan fingerprint density at radius 3 is 2.62 bits per heavy atom. The molecule has 2 aromatic rings.